The molecule has 25 heavy (non-hydrogen) atoms. The van der Waals surface area contributed by atoms with Crippen LogP contribution in [0.15, 0.2) is 36.7 Å². The van der Waals surface area contributed by atoms with Crippen molar-refractivity contribution in [3.8, 4) is 0 Å². The number of carbonyl (C=O) groups excluding carboxylic acids is 1. The molecule has 1 atom stereocenters. The lowest BCUT2D eigenvalue weighted by molar-refractivity contribution is -0.132. The Hall–Kier alpha value is -2.63. The van der Waals surface area contributed by atoms with Gasteiger partial charge in [-0.05, 0) is 37.5 Å². The standard InChI is InChI=1S/C19H23N5O/c1-14-5-2-7-16-18(14)22-19(21-16)15-6-3-10-23(13-15)17(25)8-12-24-11-4-9-20-24/h2,4-5,7,9,11,15H,3,6,8,10,12-13H2,1H3,(H,21,22)/t15-/m0/s1. The number of H-pyrrole nitrogens is 1. The van der Waals surface area contributed by atoms with Gasteiger partial charge < -0.3 is 9.88 Å². The summed E-state index contributed by atoms with van der Waals surface area (Å²) in [6, 6.07) is 8.07. The van der Waals surface area contributed by atoms with E-state index in [1.165, 1.54) is 5.56 Å². The van der Waals surface area contributed by atoms with Gasteiger partial charge in [-0.1, -0.05) is 12.1 Å². The van der Waals surface area contributed by atoms with Crippen molar-refractivity contribution in [3.63, 3.8) is 0 Å². The molecule has 130 valence electrons. The molecule has 1 saturated heterocycles. The number of aromatic amines is 1. The van der Waals surface area contributed by atoms with Crippen molar-refractivity contribution in [1.29, 1.82) is 0 Å². The molecule has 0 saturated carbocycles. The van der Waals surface area contributed by atoms with Gasteiger partial charge in [0.1, 0.15) is 5.82 Å². The third-order valence-electron chi connectivity index (χ3n) is 5.01. The second-order valence-electron chi connectivity index (χ2n) is 6.79. The van der Waals surface area contributed by atoms with Gasteiger partial charge in [-0.15, -0.1) is 0 Å². The van der Waals surface area contributed by atoms with Crippen LogP contribution in [-0.4, -0.2) is 43.6 Å². The van der Waals surface area contributed by atoms with Gasteiger partial charge in [0.25, 0.3) is 0 Å². The summed E-state index contributed by atoms with van der Waals surface area (Å²) in [6.07, 6.45) is 6.22. The molecule has 0 radical (unpaired) electrons. The van der Waals surface area contributed by atoms with Gasteiger partial charge in [0.05, 0.1) is 11.0 Å². The normalized spacial score (nSPS) is 18.0. The summed E-state index contributed by atoms with van der Waals surface area (Å²) < 4.78 is 1.81. The summed E-state index contributed by atoms with van der Waals surface area (Å²) in [5.41, 5.74) is 3.31. The van der Waals surface area contributed by atoms with Gasteiger partial charge in [-0.2, -0.15) is 5.10 Å². The molecule has 1 aromatic carbocycles. The average molecular weight is 337 g/mol. The molecule has 3 heterocycles. The van der Waals surface area contributed by atoms with Crippen molar-refractivity contribution < 1.29 is 4.79 Å². The Labute approximate surface area is 146 Å². The number of hydrogen-bond acceptors (Lipinski definition) is 3. The van der Waals surface area contributed by atoms with E-state index in [0.717, 1.165) is 42.8 Å². The van der Waals surface area contributed by atoms with Crippen LogP contribution in [0.3, 0.4) is 0 Å². The Kier molecular flexibility index (Phi) is 4.26. The number of aryl methyl sites for hydroxylation is 2. The van der Waals surface area contributed by atoms with Crippen LogP contribution in [0.25, 0.3) is 11.0 Å². The molecule has 1 aliphatic rings. The number of likely N-dealkylation sites (tertiary alicyclic amines) is 1. The summed E-state index contributed by atoms with van der Waals surface area (Å²) in [4.78, 5) is 22.8. The summed E-state index contributed by atoms with van der Waals surface area (Å²) in [6.45, 7) is 4.31. The highest BCUT2D eigenvalue weighted by molar-refractivity contribution is 5.79. The third-order valence-corrected chi connectivity index (χ3v) is 5.01. The van der Waals surface area contributed by atoms with Crippen molar-refractivity contribution in [2.45, 2.75) is 38.6 Å². The van der Waals surface area contributed by atoms with E-state index in [0.29, 0.717) is 13.0 Å². The van der Waals surface area contributed by atoms with Crippen molar-refractivity contribution in [2.24, 2.45) is 0 Å². The number of piperidine rings is 1. The number of aromatic nitrogens is 4. The van der Waals surface area contributed by atoms with Gasteiger partial charge in [0, 0.05) is 44.4 Å². The van der Waals surface area contributed by atoms with Gasteiger partial charge in [-0.25, -0.2) is 4.98 Å². The summed E-state index contributed by atoms with van der Waals surface area (Å²) in [5, 5.41) is 4.16. The van der Waals surface area contributed by atoms with Gasteiger partial charge in [0.15, 0.2) is 0 Å². The average Bonchev–Trinajstić information content (AvgIpc) is 3.30. The number of hydrogen-bond donors (Lipinski definition) is 1. The zero-order valence-electron chi connectivity index (χ0n) is 14.5. The van der Waals surface area contributed by atoms with Crippen LogP contribution >= 0.6 is 0 Å². The van der Waals surface area contributed by atoms with Crippen molar-refractivity contribution in [3.05, 3.63) is 48.0 Å². The maximum Gasteiger partial charge on any atom is 0.224 e. The van der Waals surface area contributed by atoms with Crippen LogP contribution < -0.4 is 0 Å². The van der Waals surface area contributed by atoms with E-state index in [9.17, 15) is 4.79 Å². The zero-order chi connectivity index (χ0) is 17.2. The molecule has 1 aliphatic heterocycles. The van der Waals surface area contributed by atoms with Gasteiger partial charge in [0.2, 0.25) is 5.91 Å². The lowest BCUT2D eigenvalue weighted by Crippen LogP contribution is -2.39. The number of fused-ring (bicyclic) bond motifs is 1. The molecule has 4 rings (SSSR count). The first-order chi connectivity index (χ1) is 12.2. The Morgan fingerprint density at radius 2 is 2.28 bits per heavy atom. The van der Waals surface area contributed by atoms with Crippen molar-refractivity contribution in [1.82, 2.24) is 24.6 Å². The summed E-state index contributed by atoms with van der Waals surface area (Å²) in [7, 11) is 0. The predicted molar refractivity (Wildman–Crippen MR) is 96.2 cm³/mol. The fraction of sp³-hybridized carbons (Fsp3) is 0.421. The molecule has 6 nitrogen and oxygen atoms in total. The van der Waals surface area contributed by atoms with Crippen molar-refractivity contribution >= 4 is 16.9 Å². The maximum atomic E-state index is 12.6. The SMILES string of the molecule is Cc1cccc2[nH]c([C@H]3CCCN(C(=O)CCn4cccn4)C3)nc12. The van der Waals surface area contributed by atoms with E-state index in [1.807, 2.05) is 23.2 Å². The number of imidazole rings is 1. The van der Waals surface area contributed by atoms with Crippen LogP contribution in [-0.2, 0) is 11.3 Å². The number of nitrogens with zero attached hydrogens (tertiary/aromatic N) is 4. The van der Waals surface area contributed by atoms with Gasteiger partial charge >= 0.3 is 0 Å². The molecule has 6 heteroatoms. The fourth-order valence-corrected chi connectivity index (χ4v) is 3.62. The second kappa shape index (κ2) is 6.70. The number of amides is 1. The Morgan fingerprint density at radius 3 is 3.08 bits per heavy atom. The lowest BCUT2D eigenvalue weighted by Gasteiger charge is -2.32. The molecular weight excluding hydrogens is 314 g/mol. The first-order valence-electron chi connectivity index (χ1n) is 8.91. The maximum absolute atomic E-state index is 12.6. The second-order valence-corrected chi connectivity index (χ2v) is 6.79. The van der Waals surface area contributed by atoms with E-state index >= 15 is 0 Å². The first kappa shape index (κ1) is 15.9. The number of benzene rings is 1. The number of rotatable bonds is 4. The minimum Gasteiger partial charge on any atom is -0.342 e. The third kappa shape index (κ3) is 3.29. The minimum atomic E-state index is 0.201. The topological polar surface area (TPSA) is 66.8 Å². The van der Waals surface area contributed by atoms with Crippen LogP contribution in [0.5, 0.6) is 0 Å². The molecular formula is C19H23N5O. The smallest absolute Gasteiger partial charge is 0.224 e. The lowest BCUT2D eigenvalue weighted by atomic mass is 9.97. The molecule has 2 aromatic heterocycles. The first-order valence-corrected chi connectivity index (χ1v) is 8.91. The van der Waals surface area contributed by atoms with Crippen molar-refractivity contribution in [2.75, 3.05) is 13.1 Å². The molecule has 1 amide bonds. The molecule has 0 spiro atoms. The largest absolute Gasteiger partial charge is 0.342 e. The number of nitrogens with one attached hydrogen (secondary N) is 1. The molecule has 0 unspecified atom stereocenters. The van der Waals surface area contributed by atoms with Crippen LogP contribution in [0.2, 0.25) is 0 Å². The van der Waals surface area contributed by atoms with Crippen LogP contribution in [0, 0.1) is 6.92 Å². The number of carbonyl (C=O) groups is 1. The molecule has 1 N–H and O–H groups in total. The van der Waals surface area contributed by atoms with Gasteiger partial charge in [-0.3, -0.25) is 9.48 Å². The quantitative estimate of drug-likeness (QED) is 0.796. The molecule has 3 aromatic rings. The molecule has 1 fully saturated rings. The highest BCUT2D eigenvalue weighted by Gasteiger charge is 2.26. The number of para-hydroxylation sites is 1. The monoisotopic (exact) mass is 337 g/mol. The highest BCUT2D eigenvalue weighted by atomic mass is 16.2. The Morgan fingerprint density at radius 1 is 1.36 bits per heavy atom. The van der Waals surface area contributed by atoms with E-state index in [-0.39, 0.29) is 11.8 Å². The Balaban J connectivity index is 1.44. The van der Waals surface area contributed by atoms with E-state index in [1.54, 1.807) is 10.9 Å². The minimum absolute atomic E-state index is 0.201. The van der Waals surface area contributed by atoms with E-state index in [2.05, 4.69) is 29.1 Å². The van der Waals surface area contributed by atoms with E-state index in [4.69, 9.17) is 4.98 Å². The summed E-state index contributed by atoms with van der Waals surface area (Å²) >= 11 is 0. The predicted octanol–water partition coefficient (Wildman–Crippen LogP) is 2.86. The molecule has 0 bridgehead atoms. The molecule has 0 aliphatic carbocycles. The van der Waals surface area contributed by atoms with E-state index < -0.39 is 0 Å². The van der Waals surface area contributed by atoms with Crippen LogP contribution in [0.4, 0.5) is 0 Å². The van der Waals surface area contributed by atoms with Crippen LogP contribution in [0.1, 0.15) is 36.6 Å². The summed E-state index contributed by atoms with van der Waals surface area (Å²) in [5.74, 6) is 1.50. The highest BCUT2D eigenvalue weighted by Crippen LogP contribution is 2.28. The Bertz CT molecular complexity index is 867. The zero-order valence-corrected chi connectivity index (χ0v) is 14.5. The fourth-order valence-electron chi connectivity index (χ4n) is 3.62.